The van der Waals surface area contributed by atoms with E-state index >= 15 is 0 Å². The molecule has 0 spiro atoms. The average molecular weight is 349 g/mol. The molecule has 3 aromatic carbocycles. The van der Waals surface area contributed by atoms with Crippen LogP contribution in [0.2, 0.25) is 0 Å². The first-order valence-corrected chi connectivity index (χ1v) is 8.00. The van der Waals surface area contributed by atoms with Crippen molar-refractivity contribution in [3.63, 3.8) is 0 Å². The van der Waals surface area contributed by atoms with Crippen LogP contribution in [0.4, 0.5) is 10.1 Å². The molecule has 1 amide bonds. The molecule has 0 radical (unpaired) electrons. The zero-order chi connectivity index (χ0) is 18.4. The van der Waals surface area contributed by atoms with E-state index in [0.717, 1.165) is 0 Å². The highest BCUT2D eigenvalue weighted by molar-refractivity contribution is 6.04. The molecule has 0 aliphatic carbocycles. The molecule has 0 heterocycles. The lowest BCUT2D eigenvalue weighted by molar-refractivity contribution is 0.0472. The Morgan fingerprint density at radius 2 is 1.58 bits per heavy atom. The predicted octanol–water partition coefficient (Wildman–Crippen LogP) is 4.44. The van der Waals surface area contributed by atoms with Gasteiger partial charge in [-0.05, 0) is 48.0 Å². The molecule has 0 atom stereocenters. The smallest absolute Gasteiger partial charge is 0.338 e. The van der Waals surface area contributed by atoms with Gasteiger partial charge in [-0.3, -0.25) is 4.79 Å². The van der Waals surface area contributed by atoms with Crippen LogP contribution < -0.4 is 5.32 Å². The Bertz CT molecular complexity index is 925. The van der Waals surface area contributed by atoms with Crippen molar-refractivity contribution in [3.05, 3.63) is 101 Å². The number of ether oxygens (including phenoxy) is 1. The van der Waals surface area contributed by atoms with Gasteiger partial charge in [-0.2, -0.15) is 0 Å². The molecule has 0 saturated heterocycles. The number of amides is 1. The van der Waals surface area contributed by atoms with Gasteiger partial charge >= 0.3 is 5.97 Å². The highest BCUT2D eigenvalue weighted by Crippen LogP contribution is 2.14. The SMILES string of the molecule is O=C(Nc1cccc(C(=O)OCc2cccc(F)c2)c1)c1ccccc1. The summed E-state index contributed by atoms with van der Waals surface area (Å²) >= 11 is 0. The molecule has 0 saturated carbocycles. The minimum absolute atomic E-state index is 0.0306. The van der Waals surface area contributed by atoms with E-state index in [2.05, 4.69) is 5.32 Å². The summed E-state index contributed by atoms with van der Waals surface area (Å²) in [5, 5.41) is 2.74. The minimum atomic E-state index is -0.551. The normalized spacial score (nSPS) is 10.2. The van der Waals surface area contributed by atoms with Crippen molar-refractivity contribution in [2.45, 2.75) is 6.61 Å². The van der Waals surface area contributed by atoms with Gasteiger partial charge in [-0.25, -0.2) is 9.18 Å². The standard InChI is InChI=1S/C21H16FNO3/c22-18-10-4-6-15(12-18)14-26-21(25)17-9-5-11-19(13-17)23-20(24)16-7-2-1-3-8-16/h1-13H,14H2,(H,23,24). The summed E-state index contributed by atoms with van der Waals surface area (Å²) in [6.45, 7) is -0.0306. The first-order chi connectivity index (χ1) is 12.6. The predicted molar refractivity (Wildman–Crippen MR) is 96.4 cm³/mol. The Hall–Kier alpha value is -3.47. The van der Waals surface area contributed by atoms with Gasteiger partial charge in [0.15, 0.2) is 0 Å². The summed E-state index contributed by atoms with van der Waals surface area (Å²) in [6.07, 6.45) is 0. The summed E-state index contributed by atoms with van der Waals surface area (Å²) in [5.41, 5.74) is 1.87. The van der Waals surface area contributed by atoms with Crippen molar-refractivity contribution >= 4 is 17.6 Å². The number of anilines is 1. The third-order valence-corrected chi connectivity index (χ3v) is 3.65. The summed E-state index contributed by atoms with van der Waals surface area (Å²) in [4.78, 5) is 24.4. The number of esters is 1. The van der Waals surface area contributed by atoms with E-state index in [4.69, 9.17) is 4.74 Å². The highest BCUT2D eigenvalue weighted by atomic mass is 19.1. The van der Waals surface area contributed by atoms with E-state index in [-0.39, 0.29) is 18.3 Å². The van der Waals surface area contributed by atoms with Gasteiger partial charge in [-0.1, -0.05) is 36.4 Å². The number of benzene rings is 3. The van der Waals surface area contributed by atoms with Crippen molar-refractivity contribution in [1.29, 1.82) is 0 Å². The van der Waals surface area contributed by atoms with Gasteiger partial charge in [0.2, 0.25) is 0 Å². The zero-order valence-corrected chi connectivity index (χ0v) is 13.8. The minimum Gasteiger partial charge on any atom is -0.457 e. The Labute approximate surface area is 150 Å². The largest absolute Gasteiger partial charge is 0.457 e. The molecule has 0 aliphatic rings. The molecule has 1 N–H and O–H groups in total. The topological polar surface area (TPSA) is 55.4 Å². The maximum atomic E-state index is 13.1. The number of nitrogens with one attached hydrogen (secondary N) is 1. The Kier molecular flexibility index (Phi) is 5.39. The van der Waals surface area contributed by atoms with E-state index in [9.17, 15) is 14.0 Å². The second-order valence-electron chi connectivity index (χ2n) is 5.61. The summed E-state index contributed by atoms with van der Waals surface area (Å²) in [5.74, 6) is -1.20. The monoisotopic (exact) mass is 349 g/mol. The highest BCUT2D eigenvalue weighted by Gasteiger charge is 2.10. The molecule has 0 aromatic heterocycles. The number of carbonyl (C=O) groups is 2. The number of hydrogen-bond acceptors (Lipinski definition) is 3. The van der Waals surface area contributed by atoms with Gasteiger partial charge in [0.1, 0.15) is 12.4 Å². The molecule has 0 unspecified atom stereocenters. The first kappa shape index (κ1) is 17.4. The molecular weight excluding hydrogens is 333 g/mol. The number of hydrogen-bond donors (Lipinski definition) is 1. The Balaban J connectivity index is 1.64. The Morgan fingerprint density at radius 1 is 0.846 bits per heavy atom. The van der Waals surface area contributed by atoms with Gasteiger partial charge < -0.3 is 10.1 Å². The van der Waals surface area contributed by atoms with Gasteiger partial charge in [0.05, 0.1) is 5.56 Å². The van der Waals surface area contributed by atoms with E-state index < -0.39 is 5.97 Å². The molecular formula is C21H16FNO3. The summed E-state index contributed by atoms with van der Waals surface area (Å²) in [6, 6.07) is 21.1. The van der Waals surface area contributed by atoms with E-state index in [1.807, 2.05) is 6.07 Å². The van der Waals surface area contributed by atoms with Gasteiger partial charge in [0, 0.05) is 11.3 Å². The number of halogens is 1. The molecule has 0 aliphatic heterocycles. The van der Waals surface area contributed by atoms with Crippen molar-refractivity contribution in [2.75, 3.05) is 5.32 Å². The number of carbonyl (C=O) groups excluding carboxylic acids is 2. The lowest BCUT2D eigenvalue weighted by Crippen LogP contribution is -2.12. The first-order valence-electron chi connectivity index (χ1n) is 8.00. The lowest BCUT2D eigenvalue weighted by atomic mass is 10.1. The maximum absolute atomic E-state index is 13.1. The van der Waals surface area contributed by atoms with Crippen LogP contribution in [0.25, 0.3) is 0 Å². The van der Waals surface area contributed by atoms with Crippen LogP contribution in [0, 0.1) is 5.82 Å². The van der Waals surface area contributed by atoms with Crippen LogP contribution in [-0.2, 0) is 11.3 Å². The fourth-order valence-electron chi connectivity index (χ4n) is 2.38. The van der Waals surface area contributed by atoms with Gasteiger partial charge in [0.25, 0.3) is 5.91 Å². The molecule has 0 fully saturated rings. The average Bonchev–Trinajstić information content (AvgIpc) is 2.67. The molecule has 3 rings (SSSR count). The maximum Gasteiger partial charge on any atom is 0.338 e. The second-order valence-corrected chi connectivity index (χ2v) is 5.61. The van der Waals surface area contributed by atoms with E-state index in [1.165, 1.54) is 18.2 Å². The van der Waals surface area contributed by atoms with Crippen LogP contribution in [-0.4, -0.2) is 11.9 Å². The third-order valence-electron chi connectivity index (χ3n) is 3.65. The van der Waals surface area contributed by atoms with Gasteiger partial charge in [-0.15, -0.1) is 0 Å². The summed E-state index contributed by atoms with van der Waals surface area (Å²) < 4.78 is 18.3. The third kappa shape index (κ3) is 4.54. The van der Waals surface area contributed by atoms with E-state index in [0.29, 0.717) is 22.4 Å². The van der Waals surface area contributed by atoms with Crippen LogP contribution in [0.5, 0.6) is 0 Å². The zero-order valence-electron chi connectivity index (χ0n) is 13.8. The molecule has 4 nitrogen and oxygen atoms in total. The second kappa shape index (κ2) is 8.07. The summed E-state index contributed by atoms with van der Waals surface area (Å²) in [7, 11) is 0. The van der Waals surface area contributed by atoms with Crippen molar-refractivity contribution in [1.82, 2.24) is 0 Å². The molecule has 3 aromatic rings. The fraction of sp³-hybridized carbons (Fsp3) is 0.0476. The quantitative estimate of drug-likeness (QED) is 0.693. The van der Waals surface area contributed by atoms with Crippen LogP contribution >= 0.6 is 0 Å². The van der Waals surface area contributed by atoms with Crippen molar-refractivity contribution < 1.29 is 18.7 Å². The Morgan fingerprint density at radius 3 is 2.35 bits per heavy atom. The van der Waals surface area contributed by atoms with Crippen LogP contribution in [0.1, 0.15) is 26.3 Å². The van der Waals surface area contributed by atoms with Crippen molar-refractivity contribution in [2.24, 2.45) is 0 Å². The lowest BCUT2D eigenvalue weighted by Gasteiger charge is -2.08. The molecule has 130 valence electrons. The van der Waals surface area contributed by atoms with Crippen molar-refractivity contribution in [3.8, 4) is 0 Å². The number of rotatable bonds is 5. The van der Waals surface area contributed by atoms with Crippen LogP contribution in [0.15, 0.2) is 78.9 Å². The molecule has 5 heteroatoms. The molecule has 0 bridgehead atoms. The fourth-order valence-corrected chi connectivity index (χ4v) is 2.38. The van der Waals surface area contributed by atoms with Crippen LogP contribution in [0.3, 0.4) is 0 Å². The molecule has 26 heavy (non-hydrogen) atoms. The van der Waals surface area contributed by atoms with E-state index in [1.54, 1.807) is 54.6 Å².